The van der Waals surface area contributed by atoms with E-state index in [9.17, 15) is 13.2 Å². The van der Waals surface area contributed by atoms with Gasteiger partial charge in [-0.3, -0.25) is 4.79 Å². The molecule has 3 rings (SSSR count). The van der Waals surface area contributed by atoms with Crippen LogP contribution in [0.25, 0.3) is 0 Å². The molecule has 0 bridgehead atoms. The Morgan fingerprint density at radius 1 is 0.935 bits per heavy atom. The minimum absolute atomic E-state index is 0.178. The highest BCUT2D eigenvalue weighted by molar-refractivity contribution is 7.89. The number of sulfonamides is 1. The second kappa shape index (κ2) is 10.3. The first kappa shape index (κ1) is 23.3. The van der Waals surface area contributed by atoms with Gasteiger partial charge in [-0.1, -0.05) is 65.7 Å². The molecule has 0 radical (unpaired) electrons. The predicted octanol–water partition coefficient (Wildman–Crippen LogP) is 5.60. The average molecular weight is 477 g/mol. The van der Waals surface area contributed by atoms with Gasteiger partial charge in [0.25, 0.3) is 0 Å². The molecule has 5 nitrogen and oxygen atoms in total. The lowest BCUT2D eigenvalue weighted by atomic mass is 10.1. The van der Waals surface area contributed by atoms with Gasteiger partial charge < -0.3 is 5.32 Å². The molecule has 162 valence electrons. The topological polar surface area (TPSA) is 75.3 Å². The molecule has 1 atom stereocenters. The standard InChI is InChI=1S/C23H22Cl2N2O3S/c1-16(18-5-3-2-4-6-18)27-31(29,30)22-10-7-17(8-11-22)9-12-23(28)26-21-14-19(24)13-20(25)15-21/h2-8,10-11,13-16,27H,9,12H2,1H3,(H,26,28)/t16-/m1/s1. The number of carbonyl (C=O) groups excluding carboxylic acids is 1. The largest absolute Gasteiger partial charge is 0.326 e. The molecular weight excluding hydrogens is 455 g/mol. The summed E-state index contributed by atoms with van der Waals surface area (Å²) in [5.74, 6) is -0.187. The van der Waals surface area contributed by atoms with Crippen LogP contribution in [0.4, 0.5) is 5.69 Å². The van der Waals surface area contributed by atoms with Crippen molar-refractivity contribution in [1.82, 2.24) is 4.72 Å². The third-order valence-corrected chi connectivity index (χ3v) is 6.65. The van der Waals surface area contributed by atoms with Gasteiger partial charge >= 0.3 is 0 Å². The van der Waals surface area contributed by atoms with E-state index in [1.165, 1.54) is 0 Å². The Labute approximate surface area is 192 Å². The highest BCUT2D eigenvalue weighted by atomic mass is 35.5. The molecule has 0 spiro atoms. The number of hydrogen-bond donors (Lipinski definition) is 2. The van der Waals surface area contributed by atoms with Crippen molar-refractivity contribution in [2.75, 3.05) is 5.32 Å². The Bertz CT molecular complexity index is 1130. The van der Waals surface area contributed by atoms with E-state index in [1.54, 1.807) is 49.4 Å². The van der Waals surface area contributed by atoms with Gasteiger partial charge in [-0.05, 0) is 54.8 Å². The molecule has 0 aliphatic carbocycles. The smallest absolute Gasteiger partial charge is 0.241 e. The van der Waals surface area contributed by atoms with Crippen LogP contribution in [-0.4, -0.2) is 14.3 Å². The summed E-state index contributed by atoms with van der Waals surface area (Å²) in [7, 11) is -3.66. The minimum Gasteiger partial charge on any atom is -0.326 e. The van der Waals surface area contributed by atoms with Crippen molar-refractivity contribution in [2.45, 2.75) is 30.7 Å². The fraction of sp³-hybridized carbons (Fsp3) is 0.174. The Balaban J connectivity index is 1.57. The maximum Gasteiger partial charge on any atom is 0.241 e. The van der Waals surface area contributed by atoms with Crippen molar-refractivity contribution in [3.8, 4) is 0 Å². The Morgan fingerprint density at radius 2 is 1.55 bits per heavy atom. The highest BCUT2D eigenvalue weighted by Gasteiger charge is 2.18. The van der Waals surface area contributed by atoms with Crippen LogP contribution in [0.3, 0.4) is 0 Å². The quantitative estimate of drug-likeness (QED) is 0.443. The van der Waals surface area contributed by atoms with E-state index >= 15 is 0 Å². The van der Waals surface area contributed by atoms with E-state index in [2.05, 4.69) is 10.0 Å². The molecule has 0 aliphatic heterocycles. The SMILES string of the molecule is C[C@@H](NS(=O)(=O)c1ccc(CCC(=O)Nc2cc(Cl)cc(Cl)c2)cc1)c1ccccc1. The van der Waals surface area contributed by atoms with Crippen molar-refractivity contribution in [1.29, 1.82) is 0 Å². The molecule has 0 saturated heterocycles. The third kappa shape index (κ3) is 6.80. The van der Waals surface area contributed by atoms with Crippen LogP contribution >= 0.6 is 23.2 Å². The molecule has 0 aromatic heterocycles. The summed E-state index contributed by atoms with van der Waals surface area (Å²) in [6.45, 7) is 1.80. The van der Waals surface area contributed by atoms with E-state index in [4.69, 9.17) is 23.2 Å². The van der Waals surface area contributed by atoms with Crippen LogP contribution in [-0.2, 0) is 21.2 Å². The third-order valence-electron chi connectivity index (χ3n) is 4.65. The lowest BCUT2D eigenvalue weighted by molar-refractivity contribution is -0.116. The van der Waals surface area contributed by atoms with E-state index in [1.807, 2.05) is 30.3 Å². The van der Waals surface area contributed by atoms with Crippen LogP contribution in [0.1, 0.15) is 30.5 Å². The number of amides is 1. The number of nitrogens with one attached hydrogen (secondary N) is 2. The van der Waals surface area contributed by atoms with Crippen LogP contribution in [0.5, 0.6) is 0 Å². The molecule has 0 saturated carbocycles. The van der Waals surface area contributed by atoms with E-state index in [0.717, 1.165) is 11.1 Å². The number of aryl methyl sites for hydroxylation is 1. The first-order chi connectivity index (χ1) is 14.7. The zero-order valence-corrected chi connectivity index (χ0v) is 19.1. The van der Waals surface area contributed by atoms with Crippen LogP contribution in [0, 0.1) is 0 Å². The van der Waals surface area contributed by atoms with Crippen molar-refractivity contribution in [3.05, 3.63) is 94.0 Å². The van der Waals surface area contributed by atoms with Gasteiger partial charge in [0.1, 0.15) is 0 Å². The fourth-order valence-electron chi connectivity index (χ4n) is 3.05. The Morgan fingerprint density at radius 3 is 2.16 bits per heavy atom. The van der Waals surface area contributed by atoms with Crippen molar-refractivity contribution in [3.63, 3.8) is 0 Å². The van der Waals surface area contributed by atoms with Gasteiger partial charge in [0, 0.05) is 28.2 Å². The Kier molecular flexibility index (Phi) is 7.73. The molecule has 0 heterocycles. The zero-order chi connectivity index (χ0) is 22.4. The number of hydrogen-bond acceptors (Lipinski definition) is 3. The summed E-state index contributed by atoms with van der Waals surface area (Å²) in [5, 5.41) is 3.63. The molecule has 2 N–H and O–H groups in total. The number of carbonyl (C=O) groups is 1. The van der Waals surface area contributed by atoms with Gasteiger partial charge in [-0.25, -0.2) is 13.1 Å². The summed E-state index contributed by atoms with van der Waals surface area (Å²) < 4.78 is 28.0. The molecule has 0 aliphatic rings. The van der Waals surface area contributed by atoms with Gasteiger partial charge in [0.05, 0.1) is 4.90 Å². The molecule has 3 aromatic carbocycles. The van der Waals surface area contributed by atoms with E-state index in [0.29, 0.717) is 22.2 Å². The molecule has 31 heavy (non-hydrogen) atoms. The van der Waals surface area contributed by atoms with E-state index in [-0.39, 0.29) is 23.3 Å². The monoisotopic (exact) mass is 476 g/mol. The van der Waals surface area contributed by atoms with Gasteiger partial charge in [-0.15, -0.1) is 0 Å². The first-order valence-corrected chi connectivity index (χ1v) is 11.9. The average Bonchev–Trinajstić information content (AvgIpc) is 2.72. The normalized spacial score (nSPS) is 12.4. The molecule has 0 fully saturated rings. The number of halogens is 2. The predicted molar refractivity (Wildman–Crippen MR) is 125 cm³/mol. The van der Waals surface area contributed by atoms with Crippen molar-refractivity contribution in [2.24, 2.45) is 0 Å². The molecule has 3 aromatic rings. The summed E-state index contributed by atoms with van der Waals surface area (Å²) in [4.78, 5) is 12.4. The van der Waals surface area contributed by atoms with Crippen LogP contribution in [0.15, 0.2) is 77.7 Å². The Hall–Kier alpha value is -2.38. The van der Waals surface area contributed by atoms with Gasteiger partial charge in [0.2, 0.25) is 15.9 Å². The molecule has 1 amide bonds. The zero-order valence-electron chi connectivity index (χ0n) is 16.8. The van der Waals surface area contributed by atoms with Gasteiger partial charge in [0.15, 0.2) is 0 Å². The number of anilines is 1. The molecule has 8 heteroatoms. The number of rotatable bonds is 8. The summed E-state index contributed by atoms with van der Waals surface area (Å²) in [5.41, 5.74) is 2.27. The van der Waals surface area contributed by atoms with Gasteiger partial charge in [-0.2, -0.15) is 0 Å². The second-order valence-electron chi connectivity index (χ2n) is 7.10. The number of benzene rings is 3. The highest BCUT2D eigenvalue weighted by Crippen LogP contribution is 2.23. The summed E-state index contributed by atoms with van der Waals surface area (Å²) in [6.07, 6.45) is 0.702. The second-order valence-corrected chi connectivity index (χ2v) is 9.69. The van der Waals surface area contributed by atoms with E-state index < -0.39 is 10.0 Å². The molecule has 0 unspecified atom stereocenters. The van der Waals surface area contributed by atoms with Crippen molar-refractivity contribution >= 4 is 44.8 Å². The van der Waals surface area contributed by atoms with Crippen LogP contribution < -0.4 is 10.0 Å². The van der Waals surface area contributed by atoms with Crippen LogP contribution in [0.2, 0.25) is 10.0 Å². The summed E-state index contributed by atoms with van der Waals surface area (Å²) in [6, 6.07) is 20.4. The van der Waals surface area contributed by atoms with Crippen molar-refractivity contribution < 1.29 is 13.2 Å². The lowest BCUT2D eigenvalue weighted by Crippen LogP contribution is -2.26. The first-order valence-electron chi connectivity index (χ1n) is 9.65. The lowest BCUT2D eigenvalue weighted by Gasteiger charge is -2.15. The fourth-order valence-corrected chi connectivity index (χ4v) is 4.81. The maximum absolute atomic E-state index is 12.7. The summed E-state index contributed by atoms with van der Waals surface area (Å²) >= 11 is 11.9. The maximum atomic E-state index is 12.7. The minimum atomic E-state index is -3.66. The molecular formula is C23H22Cl2N2O3S.